The second kappa shape index (κ2) is 4.51. The third kappa shape index (κ3) is 1.60. The molecular weight excluding hydrogens is 347 g/mol. The van der Waals surface area contributed by atoms with E-state index in [1.165, 1.54) is 6.07 Å². The highest BCUT2D eigenvalue weighted by Gasteiger charge is 2.57. The molecule has 22 heavy (non-hydrogen) atoms. The van der Waals surface area contributed by atoms with Crippen molar-refractivity contribution >= 4 is 38.4 Å². The first-order valence-electron chi connectivity index (χ1n) is 7.54. The first-order chi connectivity index (χ1) is 10.5. The van der Waals surface area contributed by atoms with Gasteiger partial charge in [-0.3, -0.25) is 9.78 Å². The summed E-state index contributed by atoms with van der Waals surface area (Å²) in [7, 11) is 1.81. The minimum atomic E-state index is -0.427. The highest BCUT2D eigenvalue weighted by atomic mass is 79.9. The van der Waals surface area contributed by atoms with E-state index in [9.17, 15) is 9.18 Å². The average Bonchev–Trinajstić information content (AvgIpc) is 2.68. The molecule has 2 aliphatic rings. The second-order valence-corrected chi connectivity index (χ2v) is 7.29. The van der Waals surface area contributed by atoms with E-state index in [4.69, 9.17) is 0 Å². The van der Waals surface area contributed by atoms with Crippen molar-refractivity contribution in [3.63, 3.8) is 0 Å². The number of halogens is 2. The number of nitrogens with zero attached hydrogens (tertiary/aromatic N) is 2. The fourth-order valence-corrected chi connectivity index (χ4v) is 4.41. The minimum absolute atomic E-state index is 0.155. The van der Waals surface area contributed by atoms with Gasteiger partial charge < -0.3 is 4.90 Å². The Bertz CT molecular complexity index is 814. The maximum Gasteiger partial charge on any atom is 0.237 e. The third-order valence-corrected chi connectivity index (χ3v) is 5.90. The number of rotatable bonds is 1. The number of amides is 1. The summed E-state index contributed by atoms with van der Waals surface area (Å²) >= 11 is 3.26. The number of hydrogen-bond acceptors (Lipinski definition) is 2. The van der Waals surface area contributed by atoms with Gasteiger partial charge >= 0.3 is 0 Å². The normalized spacial score (nSPS) is 26.6. The standard InChI is InChI=1S/C17H16BrFN2O/c1-3-9-6-17(7-9)15-10-4-11(18)12(19)5-13(10)20-8-14(15)21(2)16(17)22/h4-5,8-9H,3,6-7H2,1-2H3. The van der Waals surface area contributed by atoms with Gasteiger partial charge in [-0.25, -0.2) is 4.39 Å². The van der Waals surface area contributed by atoms with E-state index >= 15 is 0 Å². The monoisotopic (exact) mass is 362 g/mol. The zero-order chi connectivity index (χ0) is 15.6. The molecule has 1 aliphatic heterocycles. The van der Waals surface area contributed by atoms with Gasteiger partial charge in [0.05, 0.1) is 27.3 Å². The van der Waals surface area contributed by atoms with Crippen molar-refractivity contribution in [2.75, 3.05) is 11.9 Å². The van der Waals surface area contributed by atoms with E-state index in [0.717, 1.165) is 35.9 Å². The van der Waals surface area contributed by atoms with E-state index in [1.54, 1.807) is 24.2 Å². The van der Waals surface area contributed by atoms with Crippen LogP contribution in [0.1, 0.15) is 31.7 Å². The second-order valence-electron chi connectivity index (χ2n) is 6.43. The van der Waals surface area contributed by atoms with Crippen molar-refractivity contribution in [3.05, 3.63) is 34.2 Å². The van der Waals surface area contributed by atoms with Gasteiger partial charge in [0.1, 0.15) is 5.82 Å². The number of pyridine rings is 1. The Hall–Kier alpha value is -1.49. The van der Waals surface area contributed by atoms with E-state index in [0.29, 0.717) is 15.9 Å². The molecule has 2 aromatic rings. The molecule has 1 amide bonds. The molecule has 0 N–H and O–H groups in total. The molecule has 1 spiro atoms. The molecule has 0 saturated heterocycles. The van der Waals surface area contributed by atoms with Gasteiger partial charge in [-0.1, -0.05) is 13.3 Å². The van der Waals surface area contributed by atoms with Crippen molar-refractivity contribution in [1.82, 2.24) is 4.98 Å². The summed E-state index contributed by atoms with van der Waals surface area (Å²) < 4.78 is 14.2. The summed E-state index contributed by atoms with van der Waals surface area (Å²) in [4.78, 5) is 18.9. The first-order valence-corrected chi connectivity index (χ1v) is 8.33. The molecule has 1 aromatic heterocycles. The highest BCUT2D eigenvalue weighted by molar-refractivity contribution is 9.10. The van der Waals surface area contributed by atoms with Gasteiger partial charge in [0.25, 0.3) is 0 Å². The molecule has 1 fully saturated rings. The van der Waals surface area contributed by atoms with Crippen LogP contribution < -0.4 is 4.90 Å². The molecule has 1 saturated carbocycles. The maximum atomic E-state index is 13.8. The quantitative estimate of drug-likeness (QED) is 0.762. The summed E-state index contributed by atoms with van der Waals surface area (Å²) in [5.74, 6) is 0.420. The molecule has 0 bridgehead atoms. The lowest BCUT2D eigenvalue weighted by Crippen LogP contribution is -2.48. The van der Waals surface area contributed by atoms with Crippen LogP contribution >= 0.6 is 15.9 Å². The Morgan fingerprint density at radius 3 is 2.86 bits per heavy atom. The van der Waals surface area contributed by atoms with E-state index in [2.05, 4.69) is 27.8 Å². The molecule has 3 nitrogen and oxygen atoms in total. The summed E-state index contributed by atoms with van der Waals surface area (Å²) in [6, 6.07) is 3.20. The lowest BCUT2D eigenvalue weighted by Gasteiger charge is -2.44. The fourth-order valence-electron chi connectivity index (χ4n) is 4.06. The summed E-state index contributed by atoms with van der Waals surface area (Å²) in [5, 5.41) is 0.887. The van der Waals surface area contributed by atoms with Gasteiger partial charge in [0.15, 0.2) is 0 Å². The van der Waals surface area contributed by atoms with Crippen molar-refractivity contribution in [2.45, 2.75) is 31.6 Å². The van der Waals surface area contributed by atoms with Crippen LogP contribution in [0.2, 0.25) is 0 Å². The molecule has 1 aromatic carbocycles. The summed E-state index contributed by atoms with van der Waals surface area (Å²) in [6.45, 7) is 2.16. The van der Waals surface area contributed by atoms with Crippen LogP contribution in [0.25, 0.3) is 10.9 Å². The largest absolute Gasteiger partial charge is 0.313 e. The molecule has 1 aliphatic carbocycles. The molecule has 114 valence electrons. The first kappa shape index (κ1) is 14.1. The van der Waals surface area contributed by atoms with Crippen LogP contribution in [0, 0.1) is 11.7 Å². The predicted molar refractivity (Wildman–Crippen MR) is 87.5 cm³/mol. The lowest BCUT2D eigenvalue weighted by molar-refractivity contribution is -0.127. The van der Waals surface area contributed by atoms with Crippen molar-refractivity contribution in [2.24, 2.45) is 5.92 Å². The van der Waals surface area contributed by atoms with Crippen LogP contribution in [-0.4, -0.2) is 17.9 Å². The van der Waals surface area contributed by atoms with Gasteiger partial charge in [-0.05, 0) is 40.8 Å². The molecule has 4 rings (SSSR count). The number of likely N-dealkylation sites (N-methyl/N-ethyl adjacent to an activating group) is 1. The predicted octanol–water partition coefficient (Wildman–Crippen LogP) is 4.17. The molecule has 2 heterocycles. The SMILES string of the molecule is CCC1CC2(C1)C(=O)N(C)c1cnc3cc(F)c(Br)cc3c12. The van der Waals surface area contributed by atoms with E-state index in [1.807, 2.05) is 0 Å². The van der Waals surface area contributed by atoms with Crippen LogP contribution in [0.15, 0.2) is 22.8 Å². The van der Waals surface area contributed by atoms with Crippen LogP contribution in [-0.2, 0) is 10.2 Å². The fraction of sp³-hybridized carbons (Fsp3) is 0.412. The molecule has 0 unspecified atom stereocenters. The van der Waals surface area contributed by atoms with Crippen molar-refractivity contribution in [3.8, 4) is 0 Å². The molecule has 5 heteroatoms. The van der Waals surface area contributed by atoms with Crippen LogP contribution in [0.5, 0.6) is 0 Å². The number of fused-ring (bicyclic) bond motifs is 4. The minimum Gasteiger partial charge on any atom is -0.313 e. The molecule has 0 atom stereocenters. The Kier molecular flexibility index (Phi) is 2.89. The number of benzene rings is 1. The van der Waals surface area contributed by atoms with Gasteiger partial charge in [0.2, 0.25) is 5.91 Å². The topological polar surface area (TPSA) is 33.2 Å². The number of aromatic nitrogens is 1. The number of hydrogen-bond donors (Lipinski definition) is 0. The smallest absolute Gasteiger partial charge is 0.237 e. The summed E-state index contributed by atoms with van der Waals surface area (Å²) in [6.07, 6.45) is 4.56. The maximum absolute atomic E-state index is 13.8. The average molecular weight is 363 g/mol. The van der Waals surface area contributed by atoms with Gasteiger partial charge in [-0.15, -0.1) is 0 Å². The number of carbonyl (C=O) groups excluding carboxylic acids is 1. The molecular formula is C17H16BrFN2O. The van der Waals surface area contributed by atoms with E-state index in [-0.39, 0.29) is 11.7 Å². The lowest BCUT2D eigenvalue weighted by atomic mass is 9.58. The number of anilines is 1. The van der Waals surface area contributed by atoms with Crippen molar-refractivity contribution < 1.29 is 9.18 Å². The van der Waals surface area contributed by atoms with Crippen LogP contribution in [0.4, 0.5) is 10.1 Å². The highest BCUT2D eigenvalue weighted by Crippen LogP contribution is 2.58. The Balaban J connectivity index is 2.01. The van der Waals surface area contributed by atoms with E-state index < -0.39 is 5.41 Å². The number of carbonyl (C=O) groups is 1. The Morgan fingerprint density at radius 1 is 1.45 bits per heavy atom. The van der Waals surface area contributed by atoms with Crippen molar-refractivity contribution in [1.29, 1.82) is 0 Å². The third-order valence-electron chi connectivity index (χ3n) is 5.30. The van der Waals surface area contributed by atoms with Crippen LogP contribution in [0.3, 0.4) is 0 Å². The zero-order valence-electron chi connectivity index (χ0n) is 12.5. The Morgan fingerprint density at radius 2 is 2.18 bits per heavy atom. The zero-order valence-corrected chi connectivity index (χ0v) is 14.1. The van der Waals surface area contributed by atoms with Gasteiger partial charge in [-0.2, -0.15) is 0 Å². The summed E-state index contributed by atoms with van der Waals surface area (Å²) in [5.41, 5.74) is 2.09. The Labute approximate surface area is 136 Å². The molecule has 0 radical (unpaired) electrons. The van der Waals surface area contributed by atoms with Gasteiger partial charge in [0, 0.05) is 24.1 Å².